The Morgan fingerprint density at radius 1 is 1.28 bits per heavy atom. The summed E-state index contributed by atoms with van der Waals surface area (Å²) in [7, 11) is 0. The fraction of sp³-hybridized carbons (Fsp3) is 0.636. The van der Waals surface area contributed by atoms with Gasteiger partial charge < -0.3 is 14.8 Å². The van der Waals surface area contributed by atoms with Crippen molar-refractivity contribution in [3.63, 3.8) is 0 Å². The van der Waals surface area contributed by atoms with Crippen LogP contribution in [0.15, 0.2) is 12.1 Å². The third-order valence-corrected chi connectivity index (χ3v) is 6.62. The molecule has 0 bridgehead atoms. The van der Waals surface area contributed by atoms with Crippen LogP contribution in [-0.4, -0.2) is 76.3 Å². The number of aromatic nitrogens is 2. The highest BCUT2D eigenvalue weighted by atomic mass is 16.5. The highest BCUT2D eigenvalue weighted by molar-refractivity contribution is 5.79. The number of rotatable bonds is 6. The number of aromatic amines is 1. The summed E-state index contributed by atoms with van der Waals surface area (Å²) in [6.45, 7) is 10.4. The first-order chi connectivity index (χ1) is 14.0. The lowest BCUT2D eigenvalue weighted by atomic mass is 9.86. The Morgan fingerprint density at radius 3 is 2.83 bits per heavy atom. The first-order valence-electron chi connectivity index (χ1n) is 10.7. The Balaban J connectivity index is 1.46. The average Bonchev–Trinajstić information content (AvgIpc) is 3.13. The SMILES string of the molecule is Cc1ccc2[nH]c(CN3CC[C@H](N4CCOCC4)[C@H](CCC(=O)O)C3)nc2c1C. The van der Waals surface area contributed by atoms with Crippen molar-refractivity contribution < 1.29 is 14.6 Å². The van der Waals surface area contributed by atoms with E-state index in [9.17, 15) is 9.90 Å². The van der Waals surface area contributed by atoms with Crippen LogP contribution in [0.25, 0.3) is 11.0 Å². The summed E-state index contributed by atoms with van der Waals surface area (Å²) < 4.78 is 5.51. The first kappa shape index (κ1) is 20.3. The van der Waals surface area contributed by atoms with Crippen LogP contribution >= 0.6 is 0 Å². The molecular formula is C22H32N4O3. The number of imidazole rings is 1. The van der Waals surface area contributed by atoms with Crippen molar-refractivity contribution in [3.05, 3.63) is 29.1 Å². The van der Waals surface area contributed by atoms with Crippen molar-refractivity contribution in [2.45, 2.75) is 45.7 Å². The summed E-state index contributed by atoms with van der Waals surface area (Å²) in [5.41, 5.74) is 4.64. The highest BCUT2D eigenvalue weighted by Gasteiger charge is 2.34. The minimum absolute atomic E-state index is 0.239. The topological polar surface area (TPSA) is 81.7 Å². The molecule has 29 heavy (non-hydrogen) atoms. The smallest absolute Gasteiger partial charge is 0.303 e. The predicted molar refractivity (Wildman–Crippen MR) is 112 cm³/mol. The molecule has 7 nitrogen and oxygen atoms in total. The van der Waals surface area contributed by atoms with Gasteiger partial charge in [-0.1, -0.05) is 6.07 Å². The van der Waals surface area contributed by atoms with Gasteiger partial charge in [-0.3, -0.25) is 14.6 Å². The molecule has 0 aliphatic carbocycles. The van der Waals surface area contributed by atoms with Gasteiger partial charge in [0.1, 0.15) is 5.82 Å². The minimum Gasteiger partial charge on any atom is -0.481 e. The predicted octanol–water partition coefficient (Wildman–Crippen LogP) is 2.57. The van der Waals surface area contributed by atoms with Gasteiger partial charge in [0.05, 0.1) is 30.8 Å². The number of benzene rings is 1. The number of piperidine rings is 1. The third kappa shape index (κ3) is 4.63. The van der Waals surface area contributed by atoms with E-state index in [-0.39, 0.29) is 6.42 Å². The zero-order valence-corrected chi connectivity index (χ0v) is 17.5. The Kier molecular flexibility index (Phi) is 6.18. The van der Waals surface area contributed by atoms with Crippen LogP contribution in [0.3, 0.4) is 0 Å². The Labute approximate surface area is 172 Å². The molecule has 2 fully saturated rings. The van der Waals surface area contributed by atoms with E-state index < -0.39 is 5.97 Å². The van der Waals surface area contributed by atoms with Crippen LogP contribution in [0, 0.1) is 19.8 Å². The zero-order valence-electron chi connectivity index (χ0n) is 17.5. The number of likely N-dealkylation sites (tertiary alicyclic amines) is 1. The van der Waals surface area contributed by atoms with Gasteiger partial charge in [-0.2, -0.15) is 0 Å². The summed E-state index contributed by atoms with van der Waals surface area (Å²) in [5.74, 6) is 0.660. The van der Waals surface area contributed by atoms with E-state index in [1.165, 1.54) is 11.1 Å². The van der Waals surface area contributed by atoms with Crippen molar-refractivity contribution in [3.8, 4) is 0 Å². The van der Waals surface area contributed by atoms with Crippen LogP contribution in [0.1, 0.15) is 36.2 Å². The number of hydrogen-bond donors (Lipinski definition) is 2. The number of carboxylic acids is 1. The average molecular weight is 401 g/mol. The van der Waals surface area contributed by atoms with E-state index in [1.807, 2.05) is 0 Å². The number of nitrogens with one attached hydrogen (secondary N) is 1. The number of H-pyrrole nitrogens is 1. The summed E-state index contributed by atoms with van der Waals surface area (Å²) in [5, 5.41) is 9.21. The normalized spacial score (nSPS) is 24.2. The summed E-state index contributed by atoms with van der Waals surface area (Å²) in [6, 6.07) is 4.69. The standard InChI is InChI=1S/C22H32N4O3/c1-15-3-5-18-22(16(15)2)24-20(23-18)14-25-8-7-19(26-9-11-29-12-10-26)17(13-25)4-6-21(27)28/h3,5,17,19H,4,6-14H2,1-2H3,(H,23,24)(H,27,28)/t17-,19+/m1/s1. The molecule has 2 N–H and O–H groups in total. The molecule has 0 spiro atoms. The van der Waals surface area contributed by atoms with E-state index in [0.29, 0.717) is 12.0 Å². The molecule has 2 atom stereocenters. The van der Waals surface area contributed by atoms with Crippen molar-refractivity contribution >= 4 is 17.0 Å². The first-order valence-corrected chi connectivity index (χ1v) is 10.7. The molecule has 3 heterocycles. The molecule has 2 aromatic rings. The molecule has 0 saturated carbocycles. The molecule has 4 rings (SSSR count). The molecule has 2 aliphatic rings. The number of nitrogens with zero attached hydrogens (tertiary/aromatic N) is 3. The maximum atomic E-state index is 11.2. The van der Waals surface area contributed by atoms with Crippen LogP contribution in [0.2, 0.25) is 0 Å². The molecular weight excluding hydrogens is 368 g/mol. The number of carboxylic acid groups (broad SMARTS) is 1. The summed E-state index contributed by atoms with van der Waals surface area (Å²) in [6.07, 6.45) is 2.04. The van der Waals surface area contributed by atoms with Crippen molar-refractivity contribution in [1.82, 2.24) is 19.8 Å². The number of ether oxygens (including phenoxy) is 1. The van der Waals surface area contributed by atoms with E-state index in [2.05, 4.69) is 40.8 Å². The monoisotopic (exact) mass is 400 g/mol. The third-order valence-electron chi connectivity index (χ3n) is 6.62. The van der Waals surface area contributed by atoms with Crippen molar-refractivity contribution in [2.24, 2.45) is 5.92 Å². The fourth-order valence-electron chi connectivity index (χ4n) is 4.87. The Hall–Kier alpha value is -1.96. The second-order valence-corrected chi connectivity index (χ2v) is 8.52. The molecule has 0 radical (unpaired) electrons. The van der Waals surface area contributed by atoms with E-state index in [0.717, 1.165) is 75.6 Å². The lowest BCUT2D eigenvalue weighted by Gasteiger charge is -2.45. The molecule has 2 saturated heterocycles. The van der Waals surface area contributed by atoms with Crippen molar-refractivity contribution in [2.75, 3.05) is 39.4 Å². The minimum atomic E-state index is -0.703. The number of morpholine rings is 1. The van der Waals surface area contributed by atoms with Crippen molar-refractivity contribution in [1.29, 1.82) is 0 Å². The molecule has 7 heteroatoms. The summed E-state index contributed by atoms with van der Waals surface area (Å²) in [4.78, 5) is 24.5. The number of aliphatic carboxylic acids is 1. The van der Waals surface area contributed by atoms with E-state index in [4.69, 9.17) is 9.72 Å². The Morgan fingerprint density at radius 2 is 2.07 bits per heavy atom. The van der Waals surface area contributed by atoms with Gasteiger partial charge in [-0.15, -0.1) is 0 Å². The quantitative estimate of drug-likeness (QED) is 0.776. The molecule has 1 aromatic heterocycles. The zero-order chi connectivity index (χ0) is 20.4. The number of aryl methyl sites for hydroxylation is 2. The largest absolute Gasteiger partial charge is 0.481 e. The molecule has 0 amide bonds. The van der Waals surface area contributed by atoms with E-state index in [1.54, 1.807) is 0 Å². The van der Waals surface area contributed by atoms with Gasteiger partial charge in [-0.05, 0) is 49.8 Å². The van der Waals surface area contributed by atoms with Gasteiger partial charge in [-0.25, -0.2) is 4.98 Å². The summed E-state index contributed by atoms with van der Waals surface area (Å²) >= 11 is 0. The van der Waals surface area contributed by atoms with Gasteiger partial charge in [0.2, 0.25) is 0 Å². The fourth-order valence-corrected chi connectivity index (χ4v) is 4.87. The number of fused-ring (bicyclic) bond motifs is 1. The Bertz CT molecular complexity index is 859. The maximum absolute atomic E-state index is 11.2. The highest BCUT2D eigenvalue weighted by Crippen LogP contribution is 2.28. The van der Waals surface area contributed by atoms with Crippen LogP contribution in [0.5, 0.6) is 0 Å². The number of carbonyl (C=O) groups is 1. The van der Waals surface area contributed by atoms with Gasteiger partial charge in [0, 0.05) is 38.6 Å². The maximum Gasteiger partial charge on any atom is 0.303 e. The second-order valence-electron chi connectivity index (χ2n) is 8.52. The molecule has 1 aromatic carbocycles. The molecule has 2 aliphatic heterocycles. The second kappa shape index (κ2) is 8.81. The van der Waals surface area contributed by atoms with Crippen LogP contribution < -0.4 is 0 Å². The lowest BCUT2D eigenvalue weighted by molar-refractivity contribution is -0.137. The number of hydrogen-bond acceptors (Lipinski definition) is 5. The molecule has 0 unspecified atom stereocenters. The molecule has 158 valence electrons. The van der Waals surface area contributed by atoms with Gasteiger partial charge >= 0.3 is 5.97 Å². The van der Waals surface area contributed by atoms with Gasteiger partial charge in [0.25, 0.3) is 0 Å². The van der Waals surface area contributed by atoms with E-state index >= 15 is 0 Å². The lowest BCUT2D eigenvalue weighted by Crippen LogP contribution is -2.53. The van der Waals surface area contributed by atoms with Crippen LogP contribution in [-0.2, 0) is 16.1 Å². The van der Waals surface area contributed by atoms with Gasteiger partial charge in [0.15, 0.2) is 0 Å². The van der Waals surface area contributed by atoms with Crippen LogP contribution in [0.4, 0.5) is 0 Å².